The quantitative estimate of drug-likeness (QED) is 0.0575. The molecule has 0 fully saturated rings. The normalized spacial score (nSPS) is 10.7. The second-order valence-electron chi connectivity index (χ2n) is 9.53. The smallest absolute Gasteiger partial charge is 0.343 e. The Balaban J connectivity index is 1.29. The van der Waals surface area contributed by atoms with Crippen LogP contribution in [0, 0.1) is 0 Å². The minimum Gasteiger partial charge on any atom is -0.457 e. The van der Waals surface area contributed by atoms with Crippen LogP contribution in [0.25, 0.3) is 22.9 Å². The van der Waals surface area contributed by atoms with Crippen LogP contribution in [0.5, 0.6) is 17.2 Å². The molecule has 8 nitrogen and oxygen atoms in total. The van der Waals surface area contributed by atoms with Gasteiger partial charge in [-0.05, 0) is 84.3 Å². The molecule has 4 rings (SSSR count). The maximum absolute atomic E-state index is 12.7. The van der Waals surface area contributed by atoms with Crippen LogP contribution in [0.1, 0.15) is 35.3 Å². The fourth-order valence-electron chi connectivity index (χ4n) is 3.67. The molecule has 0 bridgehead atoms. The fourth-order valence-corrected chi connectivity index (χ4v) is 3.67. The van der Waals surface area contributed by atoms with Gasteiger partial charge >= 0.3 is 17.9 Å². The summed E-state index contributed by atoms with van der Waals surface area (Å²) in [4.78, 5) is 35.6. The molecule has 0 aliphatic rings. The lowest BCUT2D eigenvalue weighted by atomic mass is 10.1. The van der Waals surface area contributed by atoms with Crippen LogP contribution in [0.15, 0.2) is 109 Å². The third-order valence-corrected chi connectivity index (χ3v) is 6.02. The summed E-state index contributed by atoms with van der Waals surface area (Å²) in [6.45, 7) is 9.76. The van der Waals surface area contributed by atoms with Gasteiger partial charge in [0.15, 0.2) is 0 Å². The highest BCUT2D eigenvalue weighted by atomic mass is 16.7. The van der Waals surface area contributed by atoms with Crippen LogP contribution in [0.3, 0.4) is 0 Å². The highest BCUT2D eigenvalue weighted by Crippen LogP contribution is 2.26. The zero-order valence-electron chi connectivity index (χ0n) is 23.8. The van der Waals surface area contributed by atoms with Gasteiger partial charge < -0.3 is 23.7 Å². The van der Waals surface area contributed by atoms with Crippen molar-refractivity contribution in [2.45, 2.75) is 13.8 Å². The number of ether oxygens (including phenoxy) is 5. The van der Waals surface area contributed by atoms with Crippen LogP contribution in [-0.2, 0) is 19.1 Å². The van der Waals surface area contributed by atoms with Crippen LogP contribution < -0.4 is 14.2 Å². The van der Waals surface area contributed by atoms with E-state index in [2.05, 4.69) is 13.2 Å². The number of carbonyl (C=O) groups is 3. The predicted molar refractivity (Wildman–Crippen MR) is 164 cm³/mol. The van der Waals surface area contributed by atoms with Crippen molar-refractivity contribution in [3.05, 3.63) is 126 Å². The minimum atomic E-state index is -0.519. The van der Waals surface area contributed by atoms with Crippen LogP contribution >= 0.6 is 0 Å². The largest absolute Gasteiger partial charge is 0.457 e. The molecule has 0 saturated carbocycles. The topological polar surface area (TPSA) is 97.4 Å². The van der Waals surface area contributed by atoms with E-state index in [0.717, 1.165) is 21.9 Å². The van der Waals surface area contributed by atoms with Gasteiger partial charge in [-0.25, -0.2) is 14.4 Å². The number of rotatable bonds is 12. The highest BCUT2D eigenvalue weighted by molar-refractivity contribution is 5.93. The maximum atomic E-state index is 12.7. The second-order valence-corrected chi connectivity index (χ2v) is 9.53. The Kier molecular flexibility index (Phi) is 10.1. The number of fused-ring (bicyclic) bond motifs is 1. The lowest BCUT2D eigenvalue weighted by Crippen LogP contribution is -2.10. The summed E-state index contributed by atoms with van der Waals surface area (Å²) in [5.74, 6) is 0.0147. The van der Waals surface area contributed by atoms with Crippen molar-refractivity contribution in [3.63, 3.8) is 0 Å². The van der Waals surface area contributed by atoms with Crippen molar-refractivity contribution in [1.29, 1.82) is 0 Å². The summed E-state index contributed by atoms with van der Waals surface area (Å²) < 4.78 is 26.3. The van der Waals surface area contributed by atoms with Gasteiger partial charge in [0.1, 0.15) is 17.2 Å². The first-order chi connectivity index (χ1) is 20.7. The van der Waals surface area contributed by atoms with E-state index in [1.54, 1.807) is 62.4 Å². The van der Waals surface area contributed by atoms with E-state index in [4.69, 9.17) is 23.7 Å². The van der Waals surface area contributed by atoms with E-state index in [0.29, 0.717) is 34.0 Å². The van der Waals surface area contributed by atoms with E-state index >= 15 is 0 Å². The molecule has 0 radical (unpaired) electrons. The molecule has 8 heteroatoms. The molecule has 4 aromatic carbocycles. The summed E-state index contributed by atoms with van der Waals surface area (Å²) in [6, 6.07) is 25.0. The van der Waals surface area contributed by atoms with Crippen molar-refractivity contribution in [1.82, 2.24) is 0 Å². The van der Waals surface area contributed by atoms with Crippen molar-refractivity contribution >= 4 is 40.8 Å². The first-order valence-electron chi connectivity index (χ1n) is 13.2. The Bertz CT molecular complexity index is 1680. The summed E-state index contributed by atoms with van der Waals surface area (Å²) in [6.07, 6.45) is 3.85. The number of hydrogen-bond acceptors (Lipinski definition) is 8. The molecule has 0 unspecified atom stereocenters. The van der Waals surface area contributed by atoms with Gasteiger partial charge in [-0.3, -0.25) is 0 Å². The molecule has 0 heterocycles. The second kappa shape index (κ2) is 14.3. The zero-order valence-corrected chi connectivity index (χ0v) is 23.8. The molecule has 218 valence electrons. The van der Waals surface area contributed by atoms with Crippen molar-refractivity contribution < 1.29 is 38.1 Å². The molecule has 4 aromatic rings. The lowest BCUT2D eigenvalue weighted by molar-refractivity contribution is -0.146. The number of hydrogen-bond donors (Lipinski definition) is 0. The average Bonchev–Trinajstić information content (AvgIpc) is 3.00. The Morgan fingerprint density at radius 1 is 0.605 bits per heavy atom. The minimum absolute atomic E-state index is 0.190. The van der Waals surface area contributed by atoms with Gasteiger partial charge in [-0.1, -0.05) is 61.7 Å². The first kappa shape index (κ1) is 30.3. The number of carbonyl (C=O) groups excluding carboxylic acids is 3. The monoisotopic (exact) mass is 578 g/mol. The van der Waals surface area contributed by atoms with Gasteiger partial charge in [0.05, 0.1) is 5.56 Å². The lowest BCUT2D eigenvalue weighted by Gasteiger charge is -2.09. The van der Waals surface area contributed by atoms with Gasteiger partial charge in [-0.2, -0.15) is 0 Å². The Morgan fingerprint density at radius 2 is 1.05 bits per heavy atom. The van der Waals surface area contributed by atoms with Gasteiger partial charge in [-0.15, -0.1) is 0 Å². The number of esters is 3. The molecule has 0 spiro atoms. The average molecular weight is 579 g/mol. The third kappa shape index (κ3) is 8.93. The Morgan fingerprint density at radius 3 is 1.58 bits per heavy atom. The van der Waals surface area contributed by atoms with Crippen LogP contribution in [0.2, 0.25) is 0 Å². The van der Waals surface area contributed by atoms with E-state index in [9.17, 15) is 14.4 Å². The van der Waals surface area contributed by atoms with Gasteiger partial charge in [0.2, 0.25) is 13.6 Å². The highest BCUT2D eigenvalue weighted by Gasteiger charge is 2.10. The van der Waals surface area contributed by atoms with E-state index < -0.39 is 17.9 Å². The van der Waals surface area contributed by atoms with Crippen molar-refractivity contribution in [2.24, 2.45) is 0 Å². The van der Waals surface area contributed by atoms with Gasteiger partial charge in [0, 0.05) is 11.1 Å². The molecule has 43 heavy (non-hydrogen) atoms. The number of benzene rings is 4. The summed E-state index contributed by atoms with van der Waals surface area (Å²) in [5, 5.41) is 1.72. The maximum Gasteiger partial charge on any atom is 0.343 e. The van der Waals surface area contributed by atoms with E-state index in [1.165, 1.54) is 0 Å². The Labute approximate surface area is 249 Å². The molecule has 0 saturated heterocycles. The van der Waals surface area contributed by atoms with E-state index in [-0.39, 0.29) is 13.6 Å². The van der Waals surface area contributed by atoms with Gasteiger partial charge in [0.25, 0.3) is 0 Å². The molecular formula is C35H30O8. The zero-order chi connectivity index (χ0) is 30.8. The first-order valence-corrected chi connectivity index (χ1v) is 13.2. The summed E-state index contributed by atoms with van der Waals surface area (Å²) in [7, 11) is 0. The molecule has 0 atom stereocenters. The summed E-state index contributed by atoms with van der Waals surface area (Å²) in [5.41, 5.74) is 2.87. The van der Waals surface area contributed by atoms with Crippen LogP contribution in [-0.4, -0.2) is 31.5 Å². The standard InChI is InChI=1S/C35H30O8/c1-23(2)33(36)41-21-39-30-15-9-26(10-16-30)6-5-25-7-11-27(12-8-25)35(38)43-32-18-14-28-19-31(17-13-29(28)20-32)40-22-42-34(37)24(3)4/h5-20H,1,3,21-22H2,2,4H3/b6-5+. The molecule has 0 amide bonds. The fraction of sp³-hybridized carbons (Fsp3) is 0.114. The van der Waals surface area contributed by atoms with Crippen LogP contribution in [0.4, 0.5) is 0 Å². The Hall–Kier alpha value is -5.63. The van der Waals surface area contributed by atoms with Crippen molar-refractivity contribution in [3.8, 4) is 17.2 Å². The third-order valence-electron chi connectivity index (χ3n) is 6.02. The molecule has 0 aromatic heterocycles. The molecular weight excluding hydrogens is 548 g/mol. The predicted octanol–water partition coefficient (Wildman–Crippen LogP) is 7.14. The molecule has 0 aliphatic heterocycles. The molecule has 0 aliphatic carbocycles. The van der Waals surface area contributed by atoms with E-state index in [1.807, 2.05) is 48.6 Å². The summed E-state index contributed by atoms with van der Waals surface area (Å²) >= 11 is 0. The van der Waals surface area contributed by atoms with Crippen molar-refractivity contribution in [2.75, 3.05) is 13.6 Å². The molecule has 0 N–H and O–H groups in total. The SMILES string of the molecule is C=C(C)C(=O)OCOc1ccc(/C=C/c2ccc(C(=O)Oc3ccc4cc(OCOC(=O)C(=C)C)ccc4c3)cc2)cc1.